The van der Waals surface area contributed by atoms with Crippen LogP contribution in [0.5, 0.6) is 5.75 Å². The highest BCUT2D eigenvalue weighted by Crippen LogP contribution is 2.29. The van der Waals surface area contributed by atoms with E-state index in [2.05, 4.69) is 19.2 Å². The number of rotatable bonds is 6. The lowest BCUT2D eigenvalue weighted by molar-refractivity contribution is -0.146. The van der Waals surface area contributed by atoms with E-state index in [-0.39, 0.29) is 17.9 Å². The van der Waals surface area contributed by atoms with Crippen molar-refractivity contribution in [1.29, 1.82) is 0 Å². The fraction of sp³-hybridized carbons (Fsp3) is 0.556. The second-order valence-corrected chi connectivity index (χ2v) is 6.67. The van der Waals surface area contributed by atoms with Gasteiger partial charge < -0.3 is 15.2 Å². The molecule has 0 spiro atoms. The highest BCUT2D eigenvalue weighted by atomic mass is 16.5. The highest BCUT2D eigenvalue weighted by Gasteiger charge is 2.36. The molecule has 1 aromatic carbocycles. The van der Waals surface area contributed by atoms with Crippen LogP contribution in [0.4, 0.5) is 0 Å². The molecule has 5 nitrogen and oxygen atoms in total. The number of aliphatic carboxylic acids is 1. The van der Waals surface area contributed by atoms with Crippen molar-refractivity contribution < 1.29 is 19.4 Å². The van der Waals surface area contributed by atoms with Gasteiger partial charge in [-0.05, 0) is 49.8 Å². The van der Waals surface area contributed by atoms with E-state index in [1.54, 1.807) is 6.92 Å². The van der Waals surface area contributed by atoms with Gasteiger partial charge in [0.25, 0.3) is 5.91 Å². The van der Waals surface area contributed by atoms with E-state index in [0.29, 0.717) is 18.8 Å². The van der Waals surface area contributed by atoms with Crippen molar-refractivity contribution in [3.63, 3.8) is 0 Å². The zero-order chi connectivity index (χ0) is 17.1. The standard InChI is InChI=1S/C18H25NO4/c1-10(2)15-6-5-11(3)7-16(15)23-12(4)17(20)19-14-8-13(9-14)18(21)22/h5-7,10,12-14H,8-9H2,1-4H3,(H,19,20)(H,21,22). The maximum atomic E-state index is 12.2. The largest absolute Gasteiger partial charge is 0.481 e. The van der Waals surface area contributed by atoms with Crippen molar-refractivity contribution in [2.45, 2.75) is 58.6 Å². The molecule has 0 aromatic heterocycles. The number of carboxylic acid groups (broad SMARTS) is 1. The van der Waals surface area contributed by atoms with Crippen LogP contribution in [0.2, 0.25) is 0 Å². The zero-order valence-corrected chi connectivity index (χ0v) is 14.1. The summed E-state index contributed by atoms with van der Waals surface area (Å²) >= 11 is 0. The number of nitrogens with one attached hydrogen (secondary N) is 1. The first-order chi connectivity index (χ1) is 10.8. The second kappa shape index (κ2) is 7.02. The van der Waals surface area contributed by atoms with Crippen molar-refractivity contribution in [2.24, 2.45) is 5.92 Å². The maximum absolute atomic E-state index is 12.2. The molecule has 1 aliphatic rings. The summed E-state index contributed by atoms with van der Waals surface area (Å²) in [5.74, 6) is -0.277. The molecule has 0 aliphatic heterocycles. The lowest BCUT2D eigenvalue weighted by atomic mass is 9.80. The number of hydrogen-bond acceptors (Lipinski definition) is 3. The van der Waals surface area contributed by atoms with Crippen LogP contribution >= 0.6 is 0 Å². The van der Waals surface area contributed by atoms with Gasteiger partial charge in [0, 0.05) is 6.04 Å². The zero-order valence-electron chi connectivity index (χ0n) is 14.1. The van der Waals surface area contributed by atoms with Crippen molar-refractivity contribution >= 4 is 11.9 Å². The summed E-state index contributed by atoms with van der Waals surface area (Å²) < 4.78 is 5.86. The Kier molecular flexibility index (Phi) is 5.29. The summed E-state index contributed by atoms with van der Waals surface area (Å²) in [4.78, 5) is 23.0. The Hall–Kier alpha value is -2.04. The molecule has 0 bridgehead atoms. The molecule has 0 heterocycles. The summed E-state index contributed by atoms with van der Waals surface area (Å²) in [5.41, 5.74) is 2.16. The molecular formula is C18H25NO4. The number of carboxylic acids is 1. The van der Waals surface area contributed by atoms with Gasteiger partial charge in [0.2, 0.25) is 0 Å². The van der Waals surface area contributed by atoms with E-state index in [1.807, 2.05) is 25.1 Å². The van der Waals surface area contributed by atoms with E-state index in [0.717, 1.165) is 16.9 Å². The van der Waals surface area contributed by atoms with Crippen LogP contribution in [0.3, 0.4) is 0 Å². The average molecular weight is 319 g/mol. The van der Waals surface area contributed by atoms with Gasteiger partial charge in [-0.3, -0.25) is 9.59 Å². The summed E-state index contributed by atoms with van der Waals surface area (Å²) in [6, 6.07) is 5.95. The molecule has 23 heavy (non-hydrogen) atoms. The number of carbonyl (C=O) groups excluding carboxylic acids is 1. The van der Waals surface area contributed by atoms with Gasteiger partial charge >= 0.3 is 5.97 Å². The SMILES string of the molecule is Cc1ccc(C(C)C)c(OC(C)C(=O)NC2CC(C(=O)O)C2)c1. The summed E-state index contributed by atoms with van der Waals surface area (Å²) in [5, 5.41) is 11.7. The number of benzene rings is 1. The van der Waals surface area contributed by atoms with Crippen LogP contribution in [0, 0.1) is 12.8 Å². The first kappa shape index (κ1) is 17.3. The third-order valence-electron chi connectivity index (χ3n) is 4.30. The Morgan fingerprint density at radius 3 is 2.48 bits per heavy atom. The van der Waals surface area contributed by atoms with Crippen LogP contribution in [0.15, 0.2) is 18.2 Å². The van der Waals surface area contributed by atoms with Crippen LogP contribution in [-0.4, -0.2) is 29.1 Å². The van der Waals surface area contributed by atoms with Gasteiger partial charge in [0.05, 0.1) is 5.92 Å². The van der Waals surface area contributed by atoms with Crippen LogP contribution in [-0.2, 0) is 9.59 Å². The van der Waals surface area contributed by atoms with Gasteiger partial charge in [-0.2, -0.15) is 0 Å². The predicted molar refractivity (Wildman–Crippen MR) is 87.6 cm³/mol. The van der Waals surface area contributed by atoms with Crippen molar-refractivity contribution in [2.75, 3.05) is 0 Å². The van der Waals surface area contributed by atoms with Gasteiger partial charge in [0.15, 0.2) is 6.10 Å². The van der Waals surface area contributed by atoms with Crippen LogP contribution in [0.25, 0.3) is 0 Å². The Bertz CT molecular complexity index is 591. The Morgan fingerprint density at radius 2 is 1.91 bits per heavy atom. The fourth-order valence-corrected chi connectivity index (χ4v) is 2.72. The molecule has 0 radical (unpaired) electrons. The highest BCUT2D eigenvalue weighted by molar-refractivity contribution is 5.81. The third kappa shape index (κ3) is 4.24. The van der Waals surface area contributed by atoms with Gasteiger partial charge in [-0.1, -0.05) is 26.0 Å². The predicted octanol–water partition coefficient (Wildman–Crippen LogP) is 2.87. The van der Waals surface area contributed by atoms with Gasteiger partial charge in [-0.25, -0.2) is 0 Å². The monoisotopic (exact) mass is 319 g/mol. The lowest BCUT2D eigenvalue weighted by Crippen LogP contribution is -2.50. The minimum Gasteiger partial charge on any atom is -0.481 e. The Balaban J connectivity index is 1.94. The average Bonchev–Trinajstić information content (AvgIpc) is 2.41. The van der Waals surface area contributed by atoms with E-state index < -0.39 is 12.1 Å². The molecule has 5 heteroatoms. The summed E-state index contributed by atoms with van der Waals surface area (Å²) in [6.45, 7) is 7.88. The Morgan fingerprint density at radius 1 is 1.26 bits per heavy atom. The van der Waals surface area contributed by atoms with E-state index in [1.165, 1.54) is 0 Å². The number of hydrogen-bond donors (Lipinski definition) is 2. The number of ether oxygens (including phenoxy) is 1. The molecule has 1 fully saturated rings. The number of carbonyl (C=O) groups is 2. The van der Waals surface area contributed by atoms with Crippen molar-refractivity contribution in [3.05, 3.63) is 29.3 Å². The first-order valence-electron chi connectivity index (χ1n) is 8.08. The molecule has 1 aliphatic carbocycles. The molecule has 126 valence electrons. The normalized spacial score (nSPS) is 21.4. The van der Waals surface area contributed by atoms with Gasteiger partial charge in [-0.15, -0.1) is 0 Å². The number of amides is 1. The molecule has 2 N–H and O–H groups in total. The summed E-state index contributed by atoms with van der Waals surface area (Å²) in [6.07, 6.45) is 0.378. The third-order valence-corrected chi connectivity index (χ3v) is 4.30. The molecular weight excluding hydrogens is 294 g/mol. The summed E-state index contributed by atoms with van der Waals surface area (Å²) in [7, 11) is 0. The molecule has 1 amide bonds. The molecule has 2 rings (SSSR count). The molecule has 1 aromatic rings. The van der Waals surface area contributed by atoms with E-state index in [4.69, 9.17) is 9.84 Å². The van der Waals surface area contributed by atoms with E-state index >= 15 is 0 Å². The smallest absolute Gasteiger partial charge is 0.306 e. The quantitative estimate of drug-likeness (QED) is 0.845. The van der Waals surface area contributed by atoms with Crippen LogP contribution in [0.1, 0.15) is 50.7 Å². The molecule has 1 atom stereocenters. The number of aryl methyl sites for hydroxylation is 1. The lowest BCUT2D eigenvalue weighted by Gasteiger charge is -2.33. The van der Waals surface area contributed by atoms with Gasteiger partial charge in [0.1, 0.15) is 5.75 Å². The minimum absolute atomic E-state index is 0.0586. The second-order valence-electron chi connectivity index (χ2n) is 6.67. The molecule has 0 saturated heterocycles. The topological polar surface area (TPSA) is 75.6 Å². The fourth-order valence-electron chi connectivity index (χ4n) is 2.72. The molecule has 1 unspecified atom stereocenters. The Labute approximate surface area is 137 Å². The van der Waals surface area contributed by atoms with Crippen LogP contribution < -0.4 is 10.1 Å². The van der Waals surface area contributed by atoms with E-state index in [9.17, 15) is 9.59 Å². The maximum Gasteiger partial charge on any atom is 0.306 e. The molecule has 1 saturated carbocycles. The minimum atomic E-state index is -0.791. The van der Waals surface area contributed by atoms with Crippen molar-refractivity contribution in [1.82, 2.24) is 5.32 Å². The first-order valence-corrected chi connectivity index (χ1v) is 8.08. The van der Waals surface area contributed by atoms with Crippen molar-refractivity contribution in [3.8, 4) is 5.75 Å².